The van der Waals surface area contributed by atoms with Crippen LogP contribution in [0.25, 0.3) is 0 Å². The van der Waals surface area contributed by atoms with Crippen LogP contribution < -0.4 is 10.6 Å². The number of likely N-dealkylation sites (tertiary alicyclic amines) is 2. The first kappa shape index (κ1) is 26.8. The molecule has 3 heterocycles. The number of thiazole rings is 1. The van der Waals surface area contributed by atoms with Gasteiger partial charge in [0.1, 0.15) is 0 Å². The van der Waals surface area contributed by atoms with E-state index in [9.17, 15) is 0 Å². The zero-order chi connectivity index (χ0) is 21.4. The molecule has 2 N–H and O–H groups in total. The topological polar surface area (TPSA) is 55.8 Å². The third-order valence-electron chi connectivity index (χ3n) is 6.50. The maximum atomic E-state index is 4.95. The Morgan fingerprint density at radius 1 is 1.16 bits per heavy atom. The lowest BCUT2D eigenvalue weighted by Crippen LogP contribution is -2.50. The minimum atomic E-state index is 0. The summed E-state index contributed by atoms with van der Waals surface area (Å²) in [5.74, 6) is 1.69. The summed E-state index contributed by atoms with van der Waals surface area (Å²) in [4.78, 5) is 14.7. The van der Waals surface area contributed by atoms with Gasteiger partial charge in [0, 0.05) is 30.6 Å². The first-order valence-corrected chi connectivity index (χ1v) is 12.7. The molecule has 0 radical (unpaired) electrons. The minimum absolute atomic E-state index is 0. The van der Waals surface area contributed by atoms with Crippen LogP contribution in [0.15, 0.2) is 10.4 Å². The summed E-state index contributed by atoms with van der Waals surface area (Å²) in [6, 6.07) is 0. The molecule has 2 aliphatic rings. The van der Waals surface area contributed by atoms with Crippen molar-refractivity contribution in [3.63, 3.8) is 0 Å². The van der Waals surface area contributed by atoms with Gasteiger partial charge in [-0.25, -0.2) is 4.98 Å². The van der Waals surface area contributed by atoms with Gasteiger partial charge < -0.3 is 10.6 Å². The molecule has 6 nitrogen and oxygen atoms in total. The lowest BCUT2D eigenvalue weighted by molar-refractivity contribution is 0.102. The van der Waals surface area contributed by atoms with Gasteiger partial charge in [-0.3, -0.25) is 14.8 Å². The van der Waals surface area contributed by atoms with Crippen LogP contribution in [0.4, 0.5) is 0 Å². The number of hydrogen-bond donors (Lipinski definition) is 2. The van der Waals surface area contributed by atoms with Crippen molar-refractivity contribution >= 4 is 41.3 Å². The fraction of sp³-hybridized carbons (Fsp3) is 0.826. The Bertz CT molecular complexity index is 663. The maximum Gasteiger partial charge on any atom is 0.191 e. The molecular formula is C23H43IN6S. The number of aliphatic imine (C=N–C) groups is 1. The minimum Gasteiger partial charge on any atom is -0.357 e. The Hall–Kier alpha value is -0.450. The second-order valence-corrected chi connectivity index (χ2v) is 10.6. The van der Waals surface area contributed by atoms with E-state index in [1.54, 1.807) is 11.3 Å². The van der Waals surface area contributed by atoms with E-state index < -0.39 is 0 Å². The smallest absolute Gasteiger partial charge is 0.191 e. The quantitative estimate of drug-likeness (QED) is 0.284. The maximum absolute atomic E-state index is 4.95. The number of aryl methyl sites for hydroxylation is 1. The molecule has 1 aromatic rings. The van der Waals surface area contributed by atoms with Gasteiger partial charge in [-0.15, -0.1) is 35.3 Å². The van der Waals surface area contributed by atoms with Crippen LogP contribution >= 0.6 is 35.3 Å². The molecule has 8 heteroatoms. The van der Waals surface area contributed by atoms with Crippen molar-refractivity contribution in [3.8, 4) is 0 Å². The largest absolute Gasteiger partial charge is 0.357 e. The van der Waals surface area contributed by atoms with E-state index in [0.29, 0.717) is 0 Å². The second-order valence-electron chi connectivity index (χ2n) is 9.51. The summed E-state index contributed by atoms with van der Waals surface area (Å²) in [5.41, 5.74) is 1.36. The summed E-state index contributed by atoms with van der Waals surface area (Å²) in [7, 11) is 0. The fourth-order valence-corrected chi connectivity index (χ4v) is 5.12. The number of nitrogens with one attached hydrogen (secondary N) is 2. The van der Waals surface area contributed by atoms with Crippen molar-refractivity contribution in [1.29, 1.82) is 0 Å². The van der Waals surface area contributed by atoms with Gasteiger partial charge in [-0.2, -0.15) is 0 Å². The lowest BCUT2D eigenvalue weighted by Gasteiger charge is -2.40. The molecule has 178 valence electrons. The predicted octanol–water partition coefficient (Wildman–Crippen LogP) is 4.10. The van der Waals surface area contributed by atoms with Gasteiger partial charge in [0.2, 0.25) is 0 Å². The number of aromatic nitrogens is 1. The van der Waals surface area contributed by atoms with Crippen LogP contribution in [0.5, 0.6) is 0 Å². The molecule has 0 bridgehead atoms. The third kappa shape index (κ3) is 8.78. The molecule has 0 saturated carbocycles. The highest BCUT2D eigenvalue weighted by molar-refractivity contribution is 14.0. The van der Waals surface area contributed by atoms with Crippen molar-refractivity contribution in [1.82, 2.24) is 25.4 Å². The average molecular weight is 563 g/mol. The van der Waals surface area contributed by atoms with E-state index in [0.717, 1.165) is 38.1 Å². The summed E-state index contributed by atoms with van der Waals surface area (Å²) < 4.78 is 0. The third-order valence-corrected chi connectivity index (χ3v) is 7.32. The zero-order valence-corrected chi connectivity index (χ0v) is 23.1. The summed E-state index contributed by atoms with van der Waals surface area (Å²) in [6.07, 6.45) is 6.52. The molecule has 2 aliphatic heterocycles. The van der Waals surface area contributed by atoms with E-state index in [2.05, 4.69) is 58.5 Å². The van der Waals surface area contributed by atoms with E-state index >= 15 is 0 Å². The number of piperidine rings is 2. The Morgan fingerprint density at radius 2 is 1.87 bits per heavy atom. The predicted molar refractivity (Wildman–Crippen MR) is 144 cm³/mol. The number of nitrogens with zero attached hydrogens (tertiary/aromatic N) is 4. The monoisotopic (exact) mass is 562 g/mol. The molecule has 0 amide bonds. The van der Waals surface area contributed by atoms with Gasteiger partial charge >= 0.3 is 0 Å². The van der Waals surface area contributed by atoms with Crippen LogP contribution in [-0.4, -0.2) is 72.1 Å². The highest BCUT2D eigenvalue weighted by Crippen LogP contribution is 2.21. The van der Waals surface area contributed by atoms with E-state index in [4.69, 9.17) is 4.99 Å². The lowest BCUT2D eigenvalue weighted by atomic mass is 9.97. The van der Waals surface area contributed by atoms with Crippen molar-refractivity contribution in [2.24, 2.45) is 10.9 Å². The molecule has 2 saturated heterocycles. The molecule has 0 atom stereocenters. The Kier molecular flexibility index (Phi) is 11.5. The van der Waals surface area contributed by atoms with Crippen LogP contribution in [0.1, 0.15) is 63.6 Å². The summed E-state index contributed by atoms with van der Waals surface area (Å²) in [6.45, 7) is 17.4. The normalized spacial score (nSPS) is 19.8. The number of hydrogen-bond acceptors (Lipinski definition) is 5. The summed E-state index contributed by atoms with van der Waals surface area (Å²) >= 11 is 1.75. The first-order chi connectivity index (χ1) is 14.5. The molecule has 1 aromatic heterocycles. The van der Waals surface area contributed by atoms with Gasteiger partial charge in [0.05, 0.1) is 17.2 Å². The fourth-order valence-electron chi connectivity index (χ4n) is 4.51. The van der Waals surface area contributed by atoms with Gasteiger partial charge in [-0.05, 0) is 85.5 Å². The highest BCUT2D eigenvalue weighted by Gasteiger charge is 2.28. The Balaban J connectivity index is 0.00000341. The SMILES string of the molecule is CCNC(=NCC(C)(C)N1CCCCC1)NCC1CCN(Cc2csc(C)n2)CC1.I. The summed E-state index contributed by atoms with van der Waals surface area (Å²) in [5, 5.41) is 10.4. The zero-order valence-electron chi connectivity index (χ0n) is 20.0. The highest BCUT2D eigenvalue weighted by atomic mass is 127. The molecule has 2 fully saturated rings. The number of guanidine groups is 1. The van der Waals surface area contributed by atoms with Crippen LogP contribution in [0, 0.1) is 12.8 Å². The van der Waals surface area contributed by atoms with Crippen molar-refractivity contribution in [3.05, 3.63) is 16.1 Å². The van der Waals surface area contributed by atoms with Gasteiger partial charge in [0.25, 0.3) is 0 Å². The first-order valence-electron chi connectivity index (χ1n) is 11.9. The standard InChI is InChI=1S/C23H42N6S.HI/c1-5-24-22(26-18-23(3,4)29-11-7-6-8-12-29)25-15-20-9-13-28(14-10-20)16-21-17-30-19(2)27-21;/h17,20H,5-16,18H2,1-4H3,(H2,24,25,26);1H. The van der Waals surface area contributed by atoms with E-state index in [-0.39, 0.29) is 29.5 Å². The van der Waals surface area contributed by atoms with Crippen LogP contribution in [-0.2, 0) is 6.54 Å². The van der Waals surface area contributed by atoms with Gasteiger partial charge in [0.15, 0.2) is 5.96 Å². The number of rotatable bonds is 8. The molecular weight excluding hydrogens is 519 g/mol. The molecule has 0 aliphatic carbocycles. The van der Waals surface area contributed by atoms with E-state index in [1.165, 1.54) is 69.0 Å². The second kappa shape index (κ2) is 13.3. The van der Waals surface area contributed by atoms with Crippen LogP contribution in [0.3, 0.4) is 0 Å². The van der Waals surface area contributed by atoms with Crippen molar-refractivity contribution in [2.45, 2.75) is 71.9 Å². The number of halogens is 1. The Morgan fingerprint density at radius 3 is 2.48 bits per heavy atom. The molecule has 0 aromatic carbocycles. The van der Waals surface area contributed by atoms with Crippen molar-refractivity contribution < 1.29 is 0 Å². The molecule has 0 unspecified atom stereocenters. The van der Waals surface area contributed by atoms with Crippen molar-refractivity contribution in [2.75, 3.05) is 45.8 Å². The average Bonchev–Trinajstić information content (AvgIpc) is 3.16. The van der Waals surface area contributed by atoms with E-state index in [1.807, 2.05) is 0 Å². The molecule has 31 heavy (non-hydrogen) atoms. The Labute approximate surface area is 210 Å². The van der Waals surface area contributed by atoms with Crippen LogP contribution in [0.2, 0.25) is 0 Å². The molecule has 0 spiro atoms. The van der Waals surface area contributed by atoms with Gasteiger partial charge in [-0.1, -0.05) is 6.42 Å². The molecule has 3 rings (SSSR count).